The maximum atomic E-state index is 13.6. The van der Waals surface area contributed by atoms with Crippen LogP contribution in [0.25, 0.3) is 0 Å². The Morgan fingerprint density at radius 1 is 1.35 bits per heavy atom. The zero-order valence-electron chi connectivity index (χ0n) is 16.0. The Hall–Kier alpha value is -1.68. The van der Waals surface area contributed by atoms with Gasteiger partial charge in [-0.2, -0.15) is 5.10 Å². The van der Waals surface area contributed by atoms with Crippen LogP contribution in [0.4, 0.5) is 4.39 Å². The van der Waals surface area contributed by atoms with E-state index in [0.29, 0.717) is 24.6 Å². The van der Waals surface area contributed by atoms with Gasteiger partial charge in [-0.05, 0) is 38.2 Å². The fourth-order valence-electron chi connectivity index (χ4n) is 2.56. The summed E-state index contributed by atoms with van der Waals surface area (Å²) >= 11 is 0. The summed E-state index contributed by atoms with van der Waals surface area (Å²) in [5, 5.41) is 10.8. The van der Waals surface area contributed by atoms with E-state index in [9.17, 15) is 4.39 Å². The van der Waals surface area contributed by atoms with Crippen LogP contribution in [0.15, 0.2) is 35.6 Å². The molecule has 0 aliphatic rings. The lowest BCUT2D eigenvalue weighted by Crippen LogP contribution is -2.41. The van der Waals surface area contributed by atoms with Crippen LogP contribution in [-0.2, 0) is 13.6 Å². The molecule has 2 N–H and O–H groups in total. The zero-order valence-corrected chi connectivity index (χ0v) is 18.3. The molecule has 0 aliphatic heterocycles. The van der Waals surface area contributed by atoms with Crippen molar-refractivity contribution in [2.45, 2.75) is 19.5 Å². The molecule has 0 saturated heterocycles. The monoisotopic (exact) mass is 474 g/mol. The van der Waals surface area contributed by atoms with Crippen LogP contribution in [0.2, 0.25) is 0 Å². The van der Waals surface area contributed by atoms with E-state index in [0.717, 1.165) is 11.1 Å². The average molecular weight is 474 g/mol. The molecule has 2 rings (SSSR count). The highest BCUT2D eigenvalue weighted by molar-refractivity contribution is 14.0. The Morgan fingerprint density at radius 3 is 2.62 bits per heavy atom. The summed E-state index contributed by atoms with van der Waals surface area (Å²) in [6.45, 7) is 2.95. The van der Waals surface area contributed by atoms with E-state index in [1.807, 2.05) is 39.6 Å². The molecule has 2 aromatic rings. The summed E-state index contributed by atoms with van der Waals surface area (Å²) in [6, 6.07) is 5.42. The molecule has 1 atom stereocenters. The average Bonchev–Trinajstić information content (AvgIpc) is 2.99. The van der Waals surface area contributed by atoms with Crippen LogP contribution in [0.5, 0.6) is 0 Å². The fourth-order valence-corrected chi connectivity index (χ4v) is 2.56. The molecular formula is C18H28FIN6. The molecule has 0 spiro atoms. The smallest absolute Gasteiger partial charge is 0.191 e. The third-order valence-corrected chi connectivity index (χ3v) is 4.12. The summed E-state index contributed by atoms with van der Waals surface area (Å²) in [5.74, 6) is 0.489. The van der Waals surface area contributed by atoms with Gasteiger partial charge in [0.1, 0.15) is 5.82 Å². The lowest BCUT2D eigenvalue weighted by atomic mass is 10.1. The zero-order chi connectivity index (χ0) is 18.4. The maximum absolute atomic E-state index is 13.6. The molecule has 1 unspecified atom stereocenters. The van der Waals surface area contributed by atoms with E-state index in [2.05, 4.69) is 25.6 Å². The molecule has 0 radical (unpaired) electrons. The molecule has 26 heavy (non-hydrogen) atoms. The van der Waals surface area contributed by atoms with Crippen molar-refractivity contribution in [1.82, 2.24) is 25.3 Å². The number of aliphatic imine (C=N–C) groups is 1. The number of hydrogen-bond acceptors (Lipinski definition) is 3. The molecule has 0 aliphatic carbocycles. The number of benzene rings is 1. The van der Waals surface area contributed by atoms with Crippen molar-refractivity contribution in [1.29, 1.82) is 0 Å². The SMILES string of the molecule is CN=C(NCc1ccc(C)c(F)c1)NCC(c1cnn(C)c1)N(C)C.I. The number of likely N-dealkylation sites (N-methyl/N-ethyl adjacent to an activating group) is 1. The van der Waals surface area contributed by atoms with Crippen molar-refractivity contribution in [3.05, 3.63) is 53.1 Å². The van der Waals surface area contributed by atoms with Crippen LogP contribution >= 0.6 is 24.0 Å². The molecule has 0 saturated carbocycles. The molecule has 8 heteroatoms. The van der Waals surface area contributed by atoms with Crippen molar-refractivity contribution in [2.24, 2.45) is 12.0 Å². The second kappa shape index (κ2) is 10.5. The molecule has 1 heterocycles. The van der Waals surface area contributed by atoms with Crippen LogP contribution < -0.4 is 10.6 Å². The number of nitrogens with zero attached hydrogens (tertiary/aromatic N) is 4. The van der Waals surface area contributed by atoms with Gasteiger partial charge in [-0.3, -0.25) is 9.67 Å². The van der Waals surface area contributed by atoms with Gasteiger partial charge in [0.25, 0.3) is 0 Å². The molecule has 144 valence electrons. The predicted molar refractivity (Wildman–Crippen MR) is 114 cm³/mol. The van der Waals surface area contributed by atoms with Crippen molar-refractivity contribution < 1.29 is 4.39 Å². The molecule has 1 aromatic carbocycles. The maximum Gasteiger partial charge on any atom is 0.191 e. The van der Waals surface area contributed by atoms with Crippen LogP contribution in [0.1, 0.15) is 22.7 Å². The van der Waals surface area contributed by atoms with Gasteiger partial charge in [-0.25, -0.2) is 4.39 Å². The first-order valence-electron chi connectivity index (χ1n) is 8.25. The van der Waals surface area contributed by atoms with Gasteiger partial charge < -0.3 is 15.5 Å². The highest BCUT2D eigenvalue weighted by Gasteiger charge is 2.16. The lowest BCUT2D eigenvalue weighted by molar-refractivity contribution is 0.298. The Labute approximate surface area is 171 Å². The molecule has 0 bridgehead atoms. The lowest BCUT2D eigenvalue weighted by Gasteiger charge is -2.24. The number of nitrogens with one attached hydrogen (secondary N) is 2. The minimum Gasteiger partial charge on any atom is -0.354 e. The van der Waals surface area contributed by atoms with E-state index in [1.165, 1.54) is 0 Å². The van der Waals surface area contributed by atoms with Crippen molar-refractivity contribution in [3.8, 4) is 0 Å². The van der Waals surface area contributed by atoms with Gasteiger partial charge >= 0.3 is 0 Å². The Kier molecular flexibility index (Phi) is 9.00. The van der Waals surface area contributed by atoms with Crippen LogP contribution in [0, 0.1) is 12.7 Å². The largest absolute Gasteiger partial charge is 0.354 e. The number of aromatic nitrogens is 2. The number of halogens is 2. The fraction of sp³-hybridized carbons (Fsp3) is 0.444. The third kappa shape index (κ3) is 6.24. The predicted octanol–water partition coefficient (Wildman–Crippen LogP) is 2.45. The van der Waals surface area contributed by atoms with E-state index >= 15 is 0 Å². The van der Waals surface area contributed by atoms with Gasteiger partial charge in [0.05, 0.1) is 12.2 Å². The van der Waals surface area contributed by atoms with Crippen molar-refractivity contribution >= 4 is 29.9 Å². The Morgan fingerprint density at radius 2 is 2.08 bits per heavy atom. The molecule has 0 amide bonds. The second-order valence-electron chi connectivity index (χ2n) is 6.32. The normalized spacial score (nSPS) is 12.7. The highest BCUT2D eigenvalue weighted by atomic mass is 127. The van der Waals surface area contributed by atoms with Crippen LogP contribution in [0.3, 0.4) is 0 Å². The minimum atomic E-state index is -0.188. The first kappa shape index (κ1) is 22.4. The number of rotatable bonds is 6. The first-order chi connectivity index (χ1) is 11.9. The van der Waals surface area contributed by atoms with E-state index < -0.39 is 0 Å². The van der Waals surface area contributed by atoms with Crippen molar-refractivity contribution in [3.63, 3.8) is 0 Å². The number of guanidine groups is 1. The quantitative estimate of drug-likeness (QED) is 0.384. The topological polar surface area (TPSA) is 57.5 Å². The second-order valence-corrected chi connectivity index (χ2v) is 6.32. The first-order valence-corrected chi connectivity index (χ1v) is 8.25. The number of hydrogen-bond donors (Lipinski definition) is 2. The van der Waals surface area contributed by atoms with Gasteiger partial charge in [-0.15, -0.1) is 24.0 Å². The van der Waals surface area contributed by atoms with E-state index in [-0.39, 0.29) is 35.8 Å². The standard InChI is InChI=1S/C18H27FN6.HI/c1-13-6-7-14(8-16(13)19)9-21-18(20-2)22-11-17(24(3)4)15-10-23-25(5)12-15;/h6-8,10,12,17H,9,11H2,1-5H3,(H2,20,21,22);1H. The van der Waals surface area contributed by atoms with Gasteiger partial charge in [0.15, 0.2) is 5.96 Å². The molecule has 6 nitrogen and oxygen atoms in total. The minimum absolute atomic E-state index is 0. The molecule has 1 aromatic heterocycles. The highest BCUT2D eigenvalue weighted by Crippen LogP contribution is 2.16. The Balaban J connectivity index is 0.00000338. The van der Waals surface area contributed by atoms with E-state index in [1.54, 1.807) is 30.8 Å². The van der Waals surface area contributed by atoms with Crippen LogP contribution in [-0.4, -0.2) is 48.3 Å². The summed E-state index contributed by atoms with van der Waals surface area (Å²) < 4.78 is 15.4. The summed E-state index contributed by atoms with van der Waals surface area (Å²) in [6.07, 6.45) is 3.88. The Bertz CT molecular complexity index is 728. The summed E-state index contributed by atoms with van der Waals surface area (Å²) in [4.78, 5) is 6.37. The van der Waals surface area contributed by atoms with Gasteiger partial charge in [0, 0.05) is 38.9 Å². The van der Waals surface area contributed by atoms with E-state index in [4.69, 9.17) is 0 Å². The third-order valence-electron chi connectivity index (χ3n) is 4.12. The summed E-state index contributed by atoms with van der Waals surface area (Å²) in [7, 11) is 7.69. The summed E-state index contributed by atoms with van der Waals surface area (Å²) in [5.41, 5.74) is 2.66. The molecule has 0 fully saturated rings. The molecular weight excluding hydrogens is 446 g/mol. The van der Waals surface area contributed by atoms with Crippen molar-refractivity contribution in [2.75, 3.05) is 27.7 Å². The van der Waals surface area contributed by atoms with Gasteiger partial charge in [0.2, 0.25) is 0 Å². The number of aryl methyl sites for hydroxylation is 2. The van der Waals surface area contributed by atoms with Gasteiger partial charge in [-0.1, -0.05) is 12.1 Å².